The summed E-state index contributed by atoms with van der Waals surface area (Å²) in [6.45, 7) is 0. The summed E-state index contributed by atoms with van der Waals surface area (Å²) >= 11 is 0. The fraction of sp³-hybridized carbons (Fsp3) is 0.227. The lowest BCUT2D eigenvalue weighted by Gasteiger charge is -2.25. The molecule has 0 saturated heterocycles. The standard InChI is InChI=1S/C22H18O5/c1-27-21(25)22(26)17(10-11-18(22)23)20(24)19-15-8-4-2-6-13(15)12-14-7-3-5-9-16(14)19/h2-9,12,17,26H,10-11H2,1H3/t17-,22+/m1/s1. The van der Waals surface area contributed by atoms with Crippen molar-refractivity contribution in [3.63, 3.8) is 0 Å². The average Bonchev–Trinajstić information content (AvgIpc) is 3.00. The molecule has 0 amide bonds. The topological polar surface area (TPSA) is 80.7 Å². The van der Waals surface area contributed by atoms with Gasteiger partial charge in [0.15, 0.2) is 11.6 Å². The van der Waals surface area contributed by atoms with Gasteiger partial charge in [0.25, 0.3) is 0 Å². The zero-order chi connectivity index (χ0) is 19.2. The van der Waals surface area contributed by atoms with E-state index in [1.165, 1.54) is 0 Å². The molecule has 0 bridgehead atoms. The van der Waals surface area contributed by atoms with E-state index in [-0.39, 0.29) is 12.8 Å². The van der Waals surface area contributed by atoms with Gasteiger partial charge in [0, 0.05) is 12.0 Å². The monoisotopic (exact) mass is 362 g/mol. The molecule has 0 heterocycles. The van der Waals surface area contributed by atoms with E-state index in [2.05, 4.69) is 4.74 Å². The Labute approximate surface area is 155 Å². The largest absolute Gasteiger partial charge is 0.467 e. The van der Waals surface area contributed by atoms with Crippen LogP contribution in [0.15, 0.2) is 54.6 Å². The second kappa shape index (κ2) is 6.28. The van der Waals surface area contributed by atoms with E-state index >= 15 is 0 Å². The number of hydrogen-bond acceptors (Lipinski definition) is 5. The van der Waals surface area contributed by atoms with Crippen LogP contribution in [0, 0.1) is 5.92 Å². The van der Waals surface area contributed by atoms with Crippen molar-refractivity contribution in [3.05, 3.63) is 60.2 Å². The van der Waals surface area contributed by atoms with Crippen molar-refractivity contribution in [2.75, 3.05) is 7.11 Å². The van der Waals surface area contributed by atoms with Crippen LogP contribution >= 0.6 is 0 Å². The summed E-state index contributed by atoms with van der Waals surface area (Å²) in [4.78, 5) is 38.0. The van der Waals surface area contributed by atoms with E-state index in [1.54, 1.807) is 0 Å². The smallest absolute Gasteiger partial charge is 0.346 e. The molecule has 1 fully saturated rings. The van der Waals surface area contributed by atoms with Gasteiger partial charge < -0.3 is 9.84 Å². The van der Waals surface area contributed by atoms with Gasteiger partial charge in [-0.15, -0.1) is 0 Å². The lowest BCUT2D eigenvalue weighted by molar-refractivity contribution is -0.168. The molecule has 1 N–H and O–H groups in total. The van der Waals surface area contributed by atoms with Gasteiger partial charge in [-0.2, -0.15) is 0 Å². The Morgan fingerprint density at radius 2 is 1.59 bits per heavy atom. The first-order valence-electron chi connectivity index (χ1n) is 8.77. The molecule has 0 spiro atoms. The predicted octanol–water partition coefficient (Wildman–Crippen LogP) is 3.06. The van der Waals surface area contributed by atoms with E-state index in [9.17, 15) is 19.5 Å². The Morgan fingerprint density at radius 1 is 1.04 bits per heavy atom. The Bertz CT molecular complexity index is 1050. The molecule has 1 aliphatic carbocycles. The number of esters is 1. The quantitative estimate of drug-likeness (QED) is 0.335. The summed E-state index contributed by atoms with van der Waals surface area (Å²) in [5.74, 6) is -3.32. The Morgan fingerprint density at radius 3 is 2.15 bits per heavy atom. The van der Waals surface area contributed by atoms with Crippen molar-refractivity contribution in [1.82, 2.24) is 0 Å². The number of rotatable bonds is 3. The first-order valence-corrected chi connectivity index (χ1v) is 8.77. The van der Waals surface area contributed by atoms with Crippen LogP contribution in [-0.4, -0.2) is 35.4 Å². The minimum absolute atomic E-state index is 0.0370. The van der Waals surface area contributed by atoms with E-state index in [0.717, 1.165) is 28.7 Å². The molecule has 0 radical (unpaired) electrons. The summed E-state index contributed by atoms with van der Waals surface area (Å²) in [6, 6.07) is 16.9. The van der Waals surface area contributed by atoms with Crippen LogP contribution in [0.4, 0.5) is 0 Å². The Kier molecular flexibility index (Phi) is 4.04. The van der Waals surface area contributed by atoms with Crippen LogP contribution in [0.1, 0.15) is 23.2 Å². The SMILES string of the molecule is COC(=O)[C@@]1(O)C(=O)CC[C@@H]1C(=O)c1c2ccccc2cc2ccccc12. The maximum Gasteiger partial charge on any atom is 0.346 e. The molecule has 4 rings (SSSR count). The van der Waals surface area contributed by atoms with Gasteiger partial charge in [-0.05, 0) is 34.0 Å². The molecular formula is C22H18O5. The summed E-state index contributed by atoms with van der Waals surface area (Å²) in [5, 5.41) is 14.0. The molecule has 2 atom stereocenters. The Hall–Kier alpha value is -3.05. The average molecular weight is 362 g/mol. The highest BCUT2D eigenvalue weighted by Gasteiger charge is 2.58. The molecule has 1 saturated carbocycles. The number of hydrogen-bond donors (Lipinski definition) is 1. The van der Waals surface area contributed by atoms with E-state index < -0.39 is 29.1 Å². The van der Waals surface area contributed by atoms with Crippen LogP contribution < -0.4 is 0 Å². The third kappa shape index (κ3) is 2.46. The Balaban J connectivity index is 1.97. The highest BCUT2D eigenvalue weighted by Crippen LogP contribution is 2.39. The fourth-order valence-electron chi connectivity index (χ4n) is 4.06. The van der Waals surface area contributed by atoms with Gasteiger partial charge in [0.1, 0.15) is 0 Å². The van der Waals surface area contributed by atoms with Crippen molar-refractivity contribution >= 4 is 39.1 Å². The van der Waals surface area contributed by atoms with E-state index in [1.807, 2.05) is 54.6 Å². The minimum Gasteiger partial charge on any atom is -0.467 e. The summed E-state index contributed by atoms with van der Waals surface area (Å²) in [5.41, 5.74) is -2.00. The molecule has 3 aromatic carbocycles. The summed E-state index contributed by atoms with van der Waals surface area (Å²) < 4.78 is 4.64. The van der Waals surface area contributed by atoms with Crippen LogP contribution in [0.2, 0.25) is 0 Å². The second-order valence-electron chi connectivity index (χ2n) is 6.83. The van der Waals surface area contributed by atoms with Crippen molar-refractivity contribution in [1.29, 1.82) is 0 Å². The van der Waals surface area contributed by atoms with E-state index in [0.29, 0.717) is 5.56 Å². The van der Waals surface area contributed by atoms with Crippen molar-refractivity contribution < 1.29 is 24.2 Å². The fourth-order valence-corrected chi connectivity index (χ4v) is 4.06. The second-order valence-corrected chi connectivity index (χ2v) is 6.83. The summed E-state index contributed by atoms with van der Waals surface area (Å²) in [6.07, 6.45) is 0.0749. The highest BCUT2D eigenvalue weighted by atomic mass is 16.5. The normalized spacial score (nSPS) is 22.3. The van der Waals surface area contributed by atoms with Crippen LogP contribution in [0.3, 0.4) is 0 Å². The first kappa shape index (κ1) is 17.4. The molecular weight excluding hydrogens is 344 g/mol. The third-order valence-electron chi connectivity index (χ3n) is 5.42. The van der Waals surface area contributed by atoms with Crippen molar-refractivity contribution in [2.45, 2.75) is 18.4 Å². The van der Waals surface area contributed by atoms with Gasteiger partial charge in [-0.1, -0.05) is 48.5 Å². The number of methoxy groups -OCH3 is 1. The lowest BCUT2D eigenvalue weighted by atomic mass is 9.81. The van der Waals surface area contributed by atoms with Gasteiger partial charge in [0.2, 0.25) is 5.60 Å². The van der Waals surface area contributed by atoms with Gasteiger partial charge >= 0.3 is 5.97 Å². The van der Waals surface area contributed by atoms with Crippen LogP contribution in [-0.2, 0) is 14.3 Å². The summed E-state index contributed by atoms with van der Waals surface area (Å²) in [7, 11) is 1.10. The number of carbonyl (C=O) groups is 3. The van der Waals surface area contributed by atoms with E-state index in [4.69, 9.17) is 0 Å². The molecule has 136 valence electrons. The van der Waals surface area contributed by atoms with Gasteiger partial charge in [0.05, 0.1) is 13.0 Å². The van der Waals surface area contributed by atoms with Gasteiger partial charge in [-0.3, -0.25) is 9.59 Å². The van der Waals surface area contributed by atoms with Crippen molar-refractivity contribution in [2.24, 2.45) is 5.92 Å². The highest BCUT2D eigenvalue weighted by molar-refractivity contribution is 6.23. The number of benzene rings is 3. The lowest BCUT2D eigenvalue weighted by Crippen LogP contribution is -2.51. The third-order valence-corrected chi connectivity index (χ3v) is 5.42. The number of fused-ring (bicyclic) bond motifs is 2. The molecule has 27 heavy (non-hydrogen) atoms. The number of Topliss-reactive ketones (excluding diaryl/α,β-unsaturated/α-hetero) is 2. The number of carbonyl (C=O) groups excluding carboxylic acids is 3. The van der Waals surface area contributed by atoms with Crippen LogP contribution in [0.5, 0.6) is 0 Å². The zero-order valence-electron chi connectivity index (χ0n) is 14.8. The van der Waals surface area contributed by atoms with Gasteiger partial charge in [-0.25, -0.2) is 4.79 Å². The molecule has 5 nitrogen and oxygen atoms in total. The molecule has 5 heteroatoms. The van der Waals surface area contributed by atoms with Crippen molar-refractivity contribution in [3.8, 4) is 0 Å². The first-order chi connectivity index (χ1) is 13.0. The molecule has 0 unspecified atom stereocenters. The molecule has 3 aromatic rings. The number of ketones is 2. The number of aliphatic hydroxyl groups is 1. The maximum atomic E-state index is 13.5. The minimum atomic E-state index is -2.43. The molecule has 0 aromatic heterocycles. The predicted molar refractivity (Wildman–Crippen MR) is 100 cm³/mol. The molecule has 1 aliphatic rings. The maximum absolute atomic E-state index is 13.5. The van der Waals surface area contributed by atoms with Crippen LogP contribution in [0.25, 0.3) is 21.5 Å². The molecule has 0 aliphatic heterocycles. The zero-order valence-corrected chi connectivity index (χ0v) is 14.8. The number of ether oxygens (including phenoxy) is 1.